The van der Waals surface area contributed by atoms with Crippen molar-refractivity contribution in [1.82, 2.24) is 0 Å². The van der Waals surface area contributed by atoms with E-state index in [-0.39, 0.29) is 22.6 Å². The first-order valence-corrected chi connectivity index (χ1v) is 5.49. The number of fused-ring (bicyclic) bond motifs is 1. The van der Waals surface area contributed by atoms with Crippen LogP contribution in [0.15, 0.2) is 54.6 Å². The molecule has 0 amide bonds. The fourth-order valence-corrected chi connectivity index (χ4v) is 1.55. The Morgan fingerprint density at radius 2 is 1.68 bits per heavy atom. The van der Waals surface area contributed by atoms with Crippen LogP contribution in [0.25, 0.3) is 10.8 Å². The second-order valence-corrected chi connectivity index (χ2v) is 4.02. The maximum absolute atomic E-state index is 11.7. The van der Waals surface area contributed by atoms with Gasteiger partial charge in [-0.3, -0.25) is 0 Å². The number of rotatable bonds is 2. The molecule has 0 atom stereocenters. The molecular formula is C15H12CuO3. The zero-order valence-electron chi connectivity index (χ0n) is 10.3. The van der Waals surface area contributed by atoms with Crippen molar-refractivity contribution >= 4 is 22.7 Å². The number of ether oxygens (including phenoxy) is 1. The van der Waals surface area contributed by atoms with E-state index in [4.69, 9.17) is 0 Å². The van der Waals surface area contributed by atoms with Crippen LogP contribution in [0.2, 0.25) is 0 Å². The number of carbonyl (C=O) groups is 2. The predicted octanol–water partition coefficient (Wildman–Crippen LogP) is 3.10. The average Bonchev–Trinajstić information content (AvgIpc) is 2.37. The minimum absolute atomic E-state index is 0. The molecule has 3 nitrogen and oxygen atoms in total. The van der Waals surface area contributed by atoms with Crippen LogP contribution in [-0.2, 0) is 26.6 Å². The van der Waals surface area contributed by atoms with E-state index in [1.54, 1.807) is 12.1 Å². The molecule has 1 radical (unpaired) electrons. The standard InChI is InChI=1S/C15H12O3.Cu/c1-10(2)14(16)18-15(17)13-8-7-11-5-3-4-6-12(11)9-13;/h3-9H,1H2,2H3;. The first-order chi connectivity index (χ1) is 8.58. The van der Waals surface area contributed by atoms with Crippen LogP contribution in [0.3, 0.4) is 0 Å². The van der Waals surface area contributed by atoms with E-state index in [1.165, 1.54) is 6.92 Å². The molecule has 19 heavy (non-hydrogen) atoms. The summed E-state index contributed by atoms with van der Waals surface area (Å²) in [5.41, 5.74) is 0.549. The zero-order chi connectivity index (χ0) is 13.1. The van der Waals surface area contributed by atoms with Crippen molar-refractivity contribution in [2.75, 3.05) is 0 Å². The minimum atomic E-state index is -0.701. The molecule has 101 valence electrons. The number of esters is 2. The number of carbonyl (C=O) groups excluding carboxylic acids is 2. The topological polar surface area (TPSA) is 43.4 Å². The van der Waals surface area contributed by atoms with E-state index < -0.39 is 11.9 Å². The van der Waals surface area contributed by atoms with Gasteiger partial charge >= 0.3 is 11.9 Å². The third-order valence-corrected chi connectivity index (χ3v) is 2.52. The Kier molecular flexibility index (Phi) is 5.04. The zero-order valence-corrected chi connectivity index (χ0v) is 11.2. The van der Waals surface area contributed by atoms with Gasteiger partial charge in [0, 0.05) is 22.6 Å². The van der Waals surface area contributed by atoms with Crippen LogP contribution in [-0.4, -0.2) is 11.9 Å². The summed E-state index contributed by atoms with van der Waals surface area (Å²) in [5.74, 6) is -1.36. The third-order valence-electron chi connectivity index (χ3n) is 2.52. The van der Waals surface area contributed by atoms with E-state index >= 15 is 0 Å². The van der Waals surface area contributed by atoms with E-state index in [0.717, 1.165) is 10.8 Å². The summed E-state index contributed by atoms with van der Waals surface area (Å²) in [4.78, 5) is 23.0. The van der Waals surface area contributed by atoms with Crippen LogP contribution in [0.4, 0.5) is 0 Å². The fraction of sp³-hybridized carbons (Fsp3) is 0.0667. The molecule has 0 aliphatic heterocycles. The smallest absolute Gasteiger partial charge is 0.346 e. The normalized spacial score (nSPS) is 9.53. The molecule has 0 bridgehead atoms. The minimum Gasteiger partial charge on any atom is -0.386 e. The SMILES string of the molecule is C=C(C)C(=O)OC(=O)c1ccc2ccccc2c1.[Cu]. The summed E-state index contributed by atoms with van der Waals surface area (Å²) in [7, 11) is 0. The molecule has 0 aliphatic rings. The Morgan fingerprint density at radius 1 is 1.05 bits per heavy atom. The van der Waals surface area contributed by atoms with Crippen molar-refractivity contribution in [3.63, 3.8) is 0 Å². The first-order valence-electron chi connectivity index (χ1n) is 5.49. The summed E-state index contributed by atoms with van der Waals surface area (Å²) in [6.45, 7) is 4.92. The van der Waals surface area contributed by atoms with Gasteiger partial charge in [0.2, 0.25) is 0 Å². The predicted molar refractivity (Wildman–Crippen MR) is 69.2 cm³/mol. The maximum atomic E-state index is 11.7. The van der Waals surface area contributed by atoms with Gasteiger partial charge < -0.3 is 4.74 Å². The van der Waals surface area contributed by atoms with Gasteiger partial charge in [-0.15, -0.1) is 0 Å². The fourth-order valence-electron chi connectivity index (χ4n) is 1.55. The van der Waals surface area contributed by atoms with Gasteiger partial charge in [0.25, 0.3) is 0 Å². The summed E-state index contributed by atoms with van der Waals surface area (Å²) in [6.07, 6.45) is 0. The molecular weight excluding hydrogens is 292 g/mol. The molecule has 2 aromatic rings. The number of hydrogen-bond donors (Lipinski definition) is 0. The quantitative estimate of drug-likeness (QED) is 0.370. The largest absolute Gasteiger partial charge is 0.386 e. The molecule has 0 heterocycles. The van der Waals surface area contributed by atoms with E-state index in [9.17, 15) is 9.59 Å². The molecule has 0 fully saturated rings. The van der Waals surface area contributed by atoms with Gasteiger partial charge in [0.1, 0.15) is 0 Å². The van der Waals surface area contributed by atoms with Crippen LogP contribution in [0.1, 0.15) is 17.3 Å². The summed E-state index contributed by atoms with van der Waals surface area (Å²) >= 11 is 0. The molecule has 0 unspecified atom stereocenters. The van der Waals surface area contributed by atoms with Crippen molar-refractivity contribution in [1.29, 1.82) is 0 Å². The first kappa shape index (κ1) is 15.2. The molecule has 0 aromatic heterocycles. The molecule has 0 saturated carbocycles. The third kappa shape index (κ3) is 3.53. The maximum Gasteiger partial charge on any atom is 0.346 e. The summed E-state index contributed by atoms with van der Waals surface area (Å²) in [5, 5.41) is 1.95. The van der Waals surface area contributed by atoms with Crippen LogP contribution < -0.4 is 0 Å². The molecule has 0 aliphatic carbocycles. The second-order valence-electron chi connectivity index (χ2n) is 4.02. The summed E-state index contributed by atoms with van der Waals surface area (Å²) in [6, 6.07) is 12.8. The molecule has 0 N–H and O–H groups in total. The van der Waals surface area contributed by atoms with Crippen molar-refractivity contribution < 1.29 is 31.4 Å². The van der Waals surface area contributed by atoms with Gasteiger partial charge in [-0.25, -0.2) is 9.59 Å². The Labute approximate surface area is 121 Å². The van der Waals surface area contributed by atoms with Gasteiger partial charge in [0.15, 0.2) is 0 Å². The van der Waals surface area contributed by atoms with Crippen molar-refractivity contribution in [2.24, 2.45) is 0 Å². The van der Waals surface area contributed by atoms with Crippen molar-refractivity contribution in [3.8, 4) is 0 Å². The van der Waals surface area contributed by atoms with E-state index in [2.05, 4.69) is 11.3 Å². The second kappa shape index (κ2) is 6.32. The van der Waals surface area contributed by atoms with Gasteiger partial charge in [-0.2, -0.15) is 0 Å². The van der Waals surface area contributed by atoms with Gasteiger partial charge in [-0.05, 0) is 29.8 Å². The van der Waals surface area contributed by atoms with Crippen LogP contribution in [0.5, 0.6) is 0 Å². The van der Waals surface area contributed by atoms with Gasteiger partial charge in [0.05, 0.1) is 5.56 Å². The Hall–Kier alpha value is -1.90. The molecule has 0 saturated heterocycles. The Balaban J connectivity index is 0.00000180. The van der Waals surface area contributed by atoms with Crippen LogP contribution >= 0.6 is 0 Å². The molecule has 2 rings (SSSR count). The molecule has 4 heteroatoms. The molecule has 0 spiro atoms. The monoisotopic (exact) mass is 303 g/mol. The van der Waals surface area contributed by atoms with E-state index in [0.29, 0.717) is 5.56 Å². The van der Waals surface area contributed by atoms with E-state index in [1.807, 2.05) is 30.3 Å². The average molecular weight is 304 g/mol. The van der Waals surface area contributed by atoms with Gasteiger partial charge in [-0.1, -0.05) is 36.9 Å². The summed E-state index contributed by atoms with van der Waals surface area (Å²) < 4.78 is 4.67. The number of hydrogen-bond acceptors (Lipinski definition) is 3. The van der Waals surface area contributed by atoms with Crippen LogP contribution in [0, 0.1) is 0 Å². The molecule has 2 aromatic carbocycles. The number of benzene rings is 2. The van der Waals surface area contributed by atoms with Crippen molar-refractivity contribution in [2.45, 2.75) is 6.92 Å². The Morgan fingerprint density at radius 3 is 2.32 bits per heavy atom. The van der Waals surface area contributed by atoms with Crippen molar-refractivity contribution in [3.05, 3.63) is 60.2 Å². The Bertz CT molecular complexity index is 647.